The lowest BCUT2D eigenvalue weighted by molar-refractivity contribution is -0.124. The number of fused-ring (bicyclic) bond motifs is 1. The molecule has 1 aliphatic rings. The second kappa shape index (κ2) is 11.8. The molecule has 0 spiro atoms. The summed E-state index contributed by atoms with van der Waals surface area (Å²) < 4.78 is 0. The number of amides is 1. The summed E-state index contributed by atoms with van der Waals surface area (Å²) in [5.74, 6) is -0.559. The molecular formula is C25H29ClN2O3. The van der Waals surface area contributed by atoms with E-state index in [1.807, 2.05) is 24.3 Å². The van der Waals surface area contributed by atoms with Gasteiger partial charge in [0.1, 0.15) is 0 Å². The van der Waals surface area contributed by atoms with Crippen molar-refractivity contribution in [2.24, 2.45) is 0 Å². The summed E-state index contributed by atoms with van der Waals surface area (Å²) in [7, 11) is 0. The van der Waals surface area contributed by atoms with Crippen molar-refractivity contribution < 1.29 is 15.1 Å². The standard InChI is InChI=1S/C25H29ClN2O3/c26-24-17-21-5-1-2-6-22(21)23(24)7-3-4-14-28(15-16-29)18-20-10-8-19(9-11-20)12-13-25(30)27-31/h1-2,5-6,8-13,29,31H,3-4,7,14-18H2,(H,27,30)/b13-12+. The number of carbonyl (C=O) groups excluding carboxylic acids is 1. The van der Waals surface area contributed by atoms with Crippen molar-refractivity contribution in [2.45, 2.75) is 32.2 Å². The lowest BCUT2D eigenvalue weighted by atomic mass is 10.0. The molecule has 164 valence electrons. The van der Waals surface area contributed by atoms with Crippen molar-refractivity contribution >= 4 is 29.2 Å². The fourth-order valence-electron chi connectivity index (χ4n) is 3.91. The Hall–Kier alpha value is -2.44. The van der Waals surface area contributed by atoms with E-state index in [1.54, 1.807) is 11.6 Å². The van der Waals surface area contributed by atoms with E-state index >= 15 is 0 Å². The van der Waals surface area contributed by atoms with Gasteiger partial charge in [-0.05, 0) is 59.7 Å². The van der Waals surface area contributed by atoms with Gasteiger partial charge in [-0.2, -0.15) is 0 Å². The van der Waals surface area contributed by atoms with Gasteiger partial charge in [0, 0.05) is 30.6 Å². The van der Waals surface area contributed by atoms with Crippen LogP contribution in [-0.4, -0.2) is 40.8 Å². The van der Waals surface area contributed by atoms with E-state index in [-0.39, 0.29) is 6.61 Å². The number of nitrogens with one attached hydrogen (secondary N) is 1. The summed E-state index contributed by atoms with van der Waals surface area (Å²) in [5, 5.41) is 18.9. The van der Waals surface area contributed by atoms with Crippen LogP contribution in [0.5, 0.6) is 0 Å². The molecule has 5 nitrogen and oxygen atoms in total. The van der Waals surface area contributed by atoms with Crippen molar-refractivity contribution in [3.05, 3.63) is 81.9 Å². The first-order valence-corrected chi connectivity index (χ1v) is 11.0. The van der Waals surface area contributed by atoms with Gasteiger partial charge in [-0.25, -0.2) is 5.48 Å². The summed E-state index contributed by atoms with van der Waals surface area (Å²) in [6, 6.07) is 16.3. The van der Waals surface area contributed by atoms with Crippen LogP contribution in [0, 0.1) is 0 Å². The van der Waals surface area contributed by atoms with Crippen LogP contribution in [0.3, 0.4) is 0 Å². The van der Waals surface area contributed by atoms with Gasteiger partial charge in [0.15, 0.2) is 0 Å². The fourth-order valence-corrected chi connectivity index (χ4v) is 4.25. The zero-order valence-corrected chi connectivity index (χ0v) is 18.3. The molecule has 0 saturated heterocycles. The van der Waals surface area contributed by atoms with Gasteiger partial charge < -0.3 is 5.11 Å². The van der Waals surface area contributed by atoms with Crippen molar-refractivity contribution in [1.29, 1.82) is 0 Å². The first-order chi connectivity index (χ1) is 15.1. The van der Waals surface area contributed by atoms with E-state index in [9.17, 15) is 9.90 Å². The summed E-state index contributed by atoms with van der Waals surface area (Å²) in [6.07, 6.45) is 6.83. The Labute approximate surface area is 188 Å². The second-order valence-electron chi connectivity index (χ2n) is 7.73. The van der Waals surface area contributed by atoms with Crippen LogP contribution in [0.2, 0.25) is 0 Å². The predicted molar refractivity (Wildman–Crippen MR) is 125 cm³/mol. The van der Waals surface area contributed by atoms with Gasteiger partial charge in [-0.1, -0.05) is 60.1 Å². The van der Waals surface area contributed by atoms with Crippen LogP contribution in [0.25, 0.3) is 11.6 Å². The summed E-state index contributed by atoms with van der Waals surface area (Å²) in [4.78, 5) is 13.3. The van der Waals surface area contributed by atoms with E-state index < -0.39 is 5.91 Å². The van der Waals surface area contributed by atoms with E-state index in [0.717, 1.165) is 54.9 Å². The average molecular weight is 441 g/mol. The molecule has 0 radical (unpaired) electrons. The van der Waals surface area contributed by atoms with Crippen LogP contribution in [0.15, 0.2) is 59.6 Å². The number of hydroxylamine groups is 1. The number of nitrogens with zero attached hydrogens (tertiary/aromatic N) is 1. The summed E-state index contributed by atoms with van der Waals surface area (Å²) in [6.45, 7) is 2.42. The molecule has 0 saturated carbocycles. The lowest BCUT2D eigenvalue weighted by Crippen LogP contribution is -2.27. The third-order valence-corrected chi connectivity index (χ3v) is 5.87. The number of aliphatic hydroxyl groups excluding tert-OH is 1. The highest BCUT2D eigenvalue weighted by Gasteiger charge is 2.19. The van der Waals surface area contributed by atoms with Gasteiger partial charge in [-0.3, -0.25) is 14.9 Å². The Morgan fingerprint density at radius 3 is 2.61 bits per heavy atom. The minimum Gasteiger partial charge on any atom is -0.395 e. The van der Waals surface area contributed by atoms with E-state index in [0.29, 0.717) is 6.54 Å². The number of rotatable bonds is 11. The van der Waals surface area contributed by atoms with Crippen LogP contribution in [0.4, 0.5) is 0 Å². The van der Waals surface area contributed by atoms with Crippen molar-refractivity contribution in [2.75, 3.05) is 19.7 Å². The monoisotopic (exact) mass is 440 g/mol. The Balaban J connectivity index is 1.48. The molecule has 0 bridgehead atoms. The summed E-state index contributed by atoms with van der Waals surface area (Å²) in [5.41, 5.74) is 7.49. The molecule has 0 fully saturated rings. The first kappa shape index (κ1) is 23.2. The Kier molecular flexibility index (Phi) is 8.85. The molecule has 3 rings (SSSR count). The zero-order chi connectivity index (χ0) is 22.1. The van der Waals surface area contributed by atoms with Crippen LogP contribution in [-0.2, 0) is 17.8 Å². The zero-order valence-electron chi connectivity index (χ0n) is 17.6. The topological polar surface area (TPSA) is 72.8 Å². The Morgan fingerprint density at radius 1 is 1.10 bits per heavy atom. The molecule has 0 aromatic heterocycles. The van der Waals surface area contributed by atoms with E-state index in [2.05, 4.69) is 29.2 Å². The molecule has 0 heterocycles. The van der Waals surface area contributed by atoms with Gasteiger partial charge in [0.25, 0.3) is 5.91 Å². The molecule has 3 N–H and O–H groups in total. The first-order valence-electron chi connectivity index (χ1n) is 10.6. The van der Waals surface area contributed by atoms with Gasteiger partial charge in [0.2, 0.25) is 0 Å². The average Bonchev–Trinajstić information content (AvgIpc) is 3.11. The number of halogens is 1. The van der Waals surface area contributed by atoms with Crippen molar-refractivity contribution in [1.82, 2.24) is 10.4 Å². The minimum atomic E-state index is -0.559. The molecule has 1 aliphatic carbocycles. The number of allylic oxidation sites excluding steroid dienone is 2. The molecular weight excluding hydrogens is 412 g/mol. The van der Waals surface area contributed by atoms with Crippen molar-refractivity contribution in [3.63, 3.8) is 0 Å². The number of unbranched alkanes of at least 4 members (excludes halogenated alkanes) is 1. The molecule has 2 aromatic rings. The van der Waals surface area contributed by atoms with Crippen LogP contribution >= 0.6 is 11.6 Å². The Bertz CT molecular complexity index is 938. The number of benzene rings is 2. The fraction of sp³-hybridized carbons (Fsp3) is 0.320. The number of hydrogen-bond acceptors (Lipinski definition) is 4. The van der Waals surface area contributed by atoms with Crippen LogP contribution < -0.4 is 5.48 Å². The number of aliphatic hydroxyl groups is 1. The SMILES string of the molecule is O=C(/C=C/c1ccc(CN(CCO)CCCCC2=C(Cl)Cc3ccccc32)cc1)NO. The Morgan fingerprint density at radius 2 is 1.87 bits per heavy atom. The van der Waals surface area contributed by atoms with E-state index in [1.165, 1.54) is 22.8 Å². The molecule has 1 amide bonds. The predicted octanol–water partition coefficient (Wildman–Crippen LogP) is 4.38. The largest absolute Gasteiger partial charge is 0.395 e. The quantitative estimate of drug-likeness (QED) is 0.210. The van der Waals surface area contributed by atoms with Gasteiger partial charge in [0.05, 0.1) is 6.61 Å². The second-order valence-corrected chi connectivity index (χ2v) is 8.18. The van der Waals surface area contributed by atoms with E-state index in [4.69, 9.17) is 16.8 Å². The van der Waals surface area contributed by atoms with Crippen molar-refractivity contribution in [3.8, 4) is 0 Å². The lowest BCUT2D eigenvalue weighted by Gasteiger charge is -2.21. The normalized spacial score (nSPS) is 13.3. The smallest absolute Gasteiger partial charge is 0.267 e. The van der Waals surface area contributed by atoms with Gasteiger partial charge in [-0.15, -0.1) is 0 Å². The number of carbonyl (C=O) groups is 1. The highest BCUT2D eigenvalue weighted by Crippen LogP contribution is 2.37. The molecule has 0 unspecified atom stereocenters. The third kappa shape index (κ3) is 6.77. The molecule has 31 heavy (non-hydrogen) atoms. The maximum atomic E-state index is 11.1. The third-order valence-electron chi connectivity index (χ3n) is 5.51. The van der Waals surface area contributed by atoms with Crippen LogP contribution in [0.1, 0.15) is 41.5 Å². The maximum Gasteiger partial charge on any atom is 0.267 e. The minimum absolute atomic E-state index is 0.126. The molecule has 0 aliphatic heterocycles. The molecule has 2 aromatic carbocycles. The molecule has 6 heteroatoms. The highest BCUT2D eigenvalue weighted by molar-refractivity contribution is 6.33. The highest BCUT2D eigenvalue weighted by atomic mass is 35.5. The number of hydrogen-bond donors (Lipinski definition) is 3. The maximum absolute atomic E-state index is 11.1. The van der Waals surface area contributed by atoms with Gasteiger partial charge >= 0.3 is 0 Å². The summed E-state index contributed by atoms with van der Waals surface area (Å²) >= 11 is 6.50. The molecule has 0 atom stereocenters.